The van der Waals surface area contributed by atoms with Crippen LogP contribution in [0.1, 0.15) is 105 Å². The highest BCUT2D eigenvalue weighted by Crippen LogP contribution is 2.34. The summed E-state index contributed by atoms with van der Waals surface area (Å²) in [5.41, 5.74) is 7.59. The summed E-state index contributed by atoms with van der Waals surface area (Å²) in [6.07, 6.45) is 6.43. The lowest BCUT2D eigenvalue weighted by Gasteiger charge is -2.29. The highest BCUT2D eigenvalue weighted by molar-refractivity contribution is 6.26. The Balaban J connectivity index is 1.66. The number of aliphatic carboxylic acids is 2. The Kier molecular flexibility index (Phi) is 17.8. The number of rotatable bonds is 26. The predicted molar refractivity (Wildman–Crippen MR) is 203 cm³/mol. The van der Waals surface area contributed by atoms with E-state index in [1.807, 2.05) is 6.07 Å². The zero-order valence-corrected chi connectivity index (χ0v) is 31.2. The van der Waals surface area contributed by atoms with E-state index in [9.17, 15) is 38.7 Å². The number of anilines is 1. The molecule has 54 heavy (non-hydrogen) atoms. The van der Waals surface area contributed by atoms with Crippen molar-refractivity contribution in [1.29, 1.82) is 0 Å². The van der Waals surface area contributed by atoms with Gasteiger partial charge in [-0.3, -0.25) is 33.7 Å². The van der Waals surface area contributed by atoms with Gasteiger partial charge in [0.05, 0.1) is 6.04 Å². The first-order chi connectivity index (χ1) is 25.9. The molecule has 0 aliphatic carbocycles. The summed E-state index contributed by atoms with van der Waals surface area (Å²) >= 11 is 0. The molecule has 2 aromatic rings. The number of nitrogens with zero attached hydrogens (tertiary/aromatic N) is 1. The Hall–Kier alpha value is -5.09. The molecule has 1 aliphatic heterocycles. The van der Waals surface area contributed by atoms with Gasteiger partial charge in [-0.05, 0) is 63.4 Å². The SMILES string of the molecule is CCCCCCCCNCCC(N)C(=O)NC(CCN1C(=O)c2cccc3c(NC)ccc(c23)C1=O)C(=O)NCCC(NC(=O)CCCC(=O)O)C(=O)O. The Labute approximate surface area is 315 Å². The molecule has 1 aliphatic rings. The van der Waals surface area contributed by atoms with E-state index < -0.39 is 59.6 Å². The molecule has 0 saturated carbocycles. The van der Waals surface area contributed by atoms with Gasteiger partial charge in [-0.25, -0.2) is 4.79 Å². The van der Waals surface area contributed by atoms with Crippen LogP contribution in [0.15, 0.2) is 30.3 Å². The van der Waals surface area contributed by atoms with Crippen LogP contribution in [-0.4, -0.2) is 108 Å². The van der Waals surface area contributed by atoms with Crippen LogP contribution in [0.4, 0.5) is 5.69 Å². The summed E-state index contributed by atoms with van der Waals surface area (Å²) in [4.78, 5) is 89.7. The van der Waals surface area contributed by atoms with Crippen molar-refractivity contribution in [2.24, 2.45) is 5.73 Å². The smallest absolute Gasteiger partial charge is 0.326 e. The third kappa shape index (κ3) is 12.8. The second kappa shape index (κ2) is 22.2. The molecule has 16 heteroatoms. The third-order valence-electron chi connectivity index (χ3n) is 9.37. The van der Waals surface area contributed by atoms with Gasteiger partial charge in [-0.2, -0.15) is 0 Å². The summed E-state index contributed by atoms with van der Waals surface area (Å²) in [6.45, 7) is 3.01. The molecule has 1 heterocycles. The van der Waals surface area contributed by atoms with E-state index in [1.54, 1.807) is 31.3 Å². The number of carbonyl (C=O) groups excluding carboxylic acids is 5. The molecule has 2 aromatic carbocycles. The molecule has 0 fully saturated rings. The fraction of sp³-hybridized carbons (Fsp3) is 0.553. The van der Waals surface area contributed by atoms with Crippen LogP contribution in [0.5, 0.6) is 0 Å². The first-order valence-electron chi connectivity index (χ1n) is 18.8. The van der Waals surface area contributed by atoms with E-state index in [-0.39, 0.29) is 45.2 Å². The summed E-state index contributed by atoms with van der Waals surface area (Å²) in [5, 5.41) is 33.5. The maximum atomic E-state index is 13.6. The molecule has 9 N–H and O–H groups in total. The number of imide groups is 1. The Morgan fingerprint density at radius 2 is 1.46 bits per heavy atom. The first kappa shape index (κ1) is 43.3. The van der Waals surface area contributed by atoms with Crippen molar-refractivity contribution >= 4 is 57.9 Å². The molecular formula is C38H55N7O9. The number of carboxylic acids is 2. The number of nitrogens with one attached hydrogen (secondary N) is 5. The highest BCUT2D eigenvalue weighted by Gasteiger charge is 2.35. The van der Waals surface area contributed by atoms with Crippen LogP contribution in [0.3, 0.4) is 0 Å². The second-order valence-corrected chi connectivity index (χ2v) is 13.4. The zero-order valence-electron chi connectivity index (χ0n) is 31.2. The second-order valence-electron chi connectivity index (χ2n) is 13.4. The first-order valence-corrected chi connectivity index (χ1v) is 18.8. The standard InChI is InChI=1S/C38H55N7O9/c1-3-4-5-6-7-8-20-41-21-17-27(39)34(49)44-29(35(50)42-22-18-30(38(53)54)43-31(46)13-10-14-32(47)48)19-23-45-36(51)25-12-9-11-24-28(40-2)16-15-26(33(24)25)37(45)52/h9,11-12,15-16,27,29-30,40-41H,3-8,10,13-14,17-23,39H2,1-2H3,(H,42,50)(H,43,46)(H,44,49)(H,47,48)(H,53,54). The van der Waals surface area contributed by atoms with Crippen LogP contribution in [0, 0.1) is 0 Å². The van der Waals surface area contributed by atoms with E-state index >= 15 is 0 Å². The molecule has 3 rings (SSSR count). The van der Waals surface area contributed by atoms with Gasteiger partial charge in [-0.15, -0.1) is 0 Å². The van der Waals surface area contributed by atoms with E-state index in [4.69, 9.17) is 10.8 Å². The fourth-order valence-corrected chi connectivity index (χ4v) is 6.30. The van der Waals surface area contributed by atoms with Crippen LogP contribution in [0.25, 0.3) is 10.8 Å². The third-order valence-corrected chi connectivity index (χ3v) is 9.37. The average Bonchev–Trinajstić information content (AvgIpc) is 3.14. The number of nitrogens with two attached hydrogens (primary N) is 1. The number of unbranched alkanes of at least 4 members (excludes halogenated alkanes) is 5. The molecule has 0 radical (unpaired) electrons. The van der Waals surface area contributed by atoms with Crippen molar-refractivity contribution < 1.29 is 43.8 Å². The zero-order chi connectivity index (χ0) is 39.6. The number of amides is 5. The van der Waals surface area contributed by atoms with Crippen molar-refractivity contribution in [3.8, 4) is 0 Å². The fourth-order valence-electron chi connectivity index (χ4n) is 6.30. The van der Waals surface area contributed by atoms with E-state index in [1.165, 1.54) is 25.7 Å². The van der Waals surface area contributed by atoms with Crippen molar-refractivity contribution in [3.63, 3.8) is 0 Å². The van der Waals surface area contributed by atoms with Crippen LogP contribution in [-0.2, 0) is 24.0 Å². The van der Waals surface area contributed by atoms with Gasteiger partial charge < -0.3 is 42.5 Å². The van der Waals surface area contributed by atoms with Gasteiger partial charge in [0, 0.05) is 60.6 Å². The highest BCUT2D eigenvalue weighted by atomic mass is 16.4. The van der Waals surface area contributed by atoms with Crippen molar-refractivity contribution in [2.45, 2.75) is 102 Å². The van der Waals surface area contributed by atoms with Crippen molar-refractivity contribution in [3.05, 3.63) is 41.5 Å². The van der Waals surface area contributed by atoms with Crippen molar-refractivity contribution in [2.75, 3.05) is 38.5 Å². The molecule has 0 bridgehead atoms. The molecule has 3 atom stereocenters. The quantitative estimate of drug-likeness (QED) is 0.0510. The topological polar surface area (TPSA) is 249 Å². The molecule has 5 amide bonds. The molecular weight excluding hydrogens is 698 g/mol. The summed E-state index contributed by atoms with van der Waals surface area (Å²) < 4.78 is 0. The Morgan fingerprint density at radius 3 is 2.15 bits per heavy atom. The number of benzene rings is 2. The van der Waals surface area contributed by atoms with E-state index in [0.29, 0.717) is 34.9 Å². The van der Waals surface area contributed by atoms with Crippen LogP contribution in [0.2, 0.25) is 0 Å². The largest absolute Gasteiger partial charge is 0.481 e. The molecule has 0 saturated heterocycles. The number of carboxylic acid groups (broad SMARTS) is 2. The van der Waals surface area contributed by atoms with Crippen molar-refractivity contribution in [1.82, 2.24) is 26.2 Å². The lowest BCUT2D eigenvalue weighted by Crippen LogP contribution is -2.54. The normalized spacial score (nSPS) is 13.9. The number of hydrogen-bond donors (Lipinski definition) is 8. The Morgan fingerprint density at radius 1 is 0.759 bits per heavy atom. The predicted octanol–water partition coefficient (Wildman–Crippen LogP) is 2.35. The van der Waals surface area contributed by atoms with Gasteiger partial charge in [0.15, 0.2) is 0 Å². The summed E-state index contributed by atoms with van der Waals surface area (Å²) in [5.74, 6) is -5.49. The minimum atomic E-state index is -1.37. The monoisotopic (exact) mass is 753 g/mol. The molecule has 0 aromatic heterocycles. The van der Waals surface area contributed by atoms with E-state index in [0.717, 1.165) is 30.0 Å². The summed E-state index contributed by atoms with van der Waals surface area (Å²) in [6, 6.07) is 4.95. The van der Waals surface area contributed by atoms with Gasteiger partial charge in [0.25, 0.3) is 11.8 Å². The maximum absolute atomic E-state index is 13.6. The molecule has 16 nitrogen and oxygen atoms in total. The Bertz CT molecular complexity index is 1630. The maximum Gasteiger partial charge on any atom is 0.326 e. The number of carbonyl (C=O) groups is 7. The van der Waals surface area contributed by atoms with Gasteiger partial charge in [-0.1, -0.05) is 51.2 Å². The lowest BCUT2D eigenvalue weighted by molar-refractivity contribution is -0.142. The molecule has 0 spiro atoms. The minimum Gasteiger partial charge on any atom is -0.481 e. The number of hydrogen-bond acceptors (Lipinski definition) is 10. The van der Waals surface area contributed by atoms with Gasteiger partial charge >= 0.3 is 11.9 Å². The lowest BCUT2D eigenvalue weighted by atomic mass is 9.92. The molecule has 296 valence electrons. The average molecular weight is 754 g/mol. The molecule has 3 unspecified atom stereocenters. The summed E-state index contributed by atoms with van der Waals surface area (Å²) in [7, 11) is 1.74. The van der Waals surface area contributed by atoms with Gasteiger partial charge in [0.1, 0.15) is 12.1 Å². The van der Waals surface area contributed by atoms with Gasteiger partial charge in [0.2, 0.25) is 17.7 Å². The van der Waals surface area contributed by atoms with Crippen LogP contribution >= 0.6 is 0 Å². The van der Waals surface area contributed by atoms with E-state index in [2.05, 4.69) is 33.5 Å². The van der Waals surface area contributed by atoms with Crippen LogP contribution < -0.4 is 32.3 Å². The minimum absolute atomic E-state index is 0.0304.